The van der Waals surface area contributed by atoms with Crippen LogP contribution in [0.2, 0.25) is 0 Å². The molecule has 195 valence electrons. The van der Waals surface area contributed by atoms with Crippen LogP contribution in [-0.2, 0) is 4.79 Å². The van der Waals surface area contributed by atoms with Crippen LogP contribution < -0.4 is 10.6 Å². The van der Waals surface area contributed by atoms with Crippen molar-refractivity contribution < 1.29 is 13.6 Å². The van der Waals surface area contributed by atoms with E-state index in [0.717, 1.165) is 39.3 Å². The normalized spacial score (nSPS) is 21.6. The molecule has 2 aliphatic rings. The van der Waals surface area contributed by atoms with Gasteiger partial charge in [-0.1, -0.05) is 24.3 Å². The molecule has 2 aromatic carbocycles. The van der Waals surface area contributed by atoms with Gasteiger partial charge in [-0.25, -0.2) is 8.78 Å². The van der Waals surface area contributed by atoms with Crippen molar-refractivity contribution in [3.63, 3.8) is 0 Å². The van der Waals surface area contributed by atoms with E-state index in [1.165, 1.54) is 12.1 Å². The Kier molecular flexibility index (Phi) is 11.8. The first-order chi connectivity index (χ1) is 16.7. The number of anilines is 2. The summed E-state index contributed by atoms with van der Waals surface area (Å²) in [6.07, 6.45) is 0. The number of nitrogens with one attached hydrogen (secondary N) is 2. The van der Waals surface area contributed by atoms with Gasteiger partial charge in [-0.3, -0.25) is 14.6 Å². The maximum atomic E-state index is 13.5. The highest BCUT2D eigenvalue weighted by Crippen LogP contribution is 2.15. The highest BCUT2D eigenvalue weighted by atomic mass is 19.1. The quantitative estimate of drug-likeness (QED) is 0.615. The van der Waals surface area contributed by atoms with Crippen LogP contribution in [0.25, 0.3) is 0 Å². The standard InChI is InChI=1S/C13H18FN3O.C13H20FN3.B/c1-16-7-8-17(2)12(9-16)13(18)15-11-6-4-3-5-10(11)14;1-16-7-8-17(2)11(10-16)9-15-13-6-4-3-5-12(13)14;/h3-6,12H,7-9H2,1-2H3,(H,15,18);3-6,11,15H,7-10H2,1-2H3;. The average Bonchev–Trinajstić information content (AvgIpc) is 2.84. The van der Waals surface area contributed by atoms with Gasteiger partial charge in [0, 0.05) is 60.3 Å². The van der Waals surface area contributed by atoms with E-state index in [0.29, 0.717) is 18.3 Å². The molecule has 2 unspecified atom stereocenters. The number of hydrogen-bond acceptors (Lipinski definition) is 6. The lowest BCUT2D eigenvalue weighted by Crippen LogP contribution is -2.55. The first-order valence-electron chi connectivity index (χ1n) is 12.1. The van der Waals surface area contributed by atoms with E-state index in [9.17, 15) is 13.6 Å². The van der Waals surface area contributed by atoms with Crippen LogP contribution in [0.5, 0.6) is 0 Å². The number of nitrogens with zero attached hydrogens (tertiary/aromatic N) is 4. The average molecular weight is 499 g/mol. The third-order valence-electron chi connectivity index (χ3n) is 6.67. The summed E-state index contributed by atoms with van der Waals surface area (Å²) < 4.78 is 26.9. The Labute approximate surface area is 216 Å². The fraction of sp³-hybridized carbons (Fsp3) is 0.500. The zero-order valence-corrected chi connectivity index (χ0v) is 21.8. The van der Waals surface area contributed by atoms with Gasteiger partial charge in [-0.15, -0.1) is 0 Å². The number of benzene rings is 2. The fourth-order valence-corrected chi connectivity index (χ4v) is 4.23. The Morgan fingerprint density at radius 2 is 1.33 bits per heavy atom. The number of amides is 1. The minimum Gasteiger partial charge on any atom is -0.381 e. The van der Waals surface area contributed by atoms with Crippen LogP contribution in [0, 0.1) is 11.6 Å². The number of para-hydroxylation sites is 2. The number of hydrogen-bond donors (Lipinski definition) is 2. The van der Waals surface area contributed by atoms with Gasteiger partial charge in [0.1, 0.15) is 17.7 Å². The maximum absolute atomic E-state index is 13.5. The van der Waals surface area contributed by atoms with Gasteiger partial charge < -0.3 is 20.4 Å². The van der Waals surface area contributed by atoms with E-state index >= 15 is 0 Å². The number of rotatable bonds is 5. The molecule has 1 amide bonds. The molecule has 2 aromatic rings. The van der Waals surface area contributed by atoms with Gasteiger partial charge in [0.25, 0.3) is 0 Å². The molecule has 2 fully saturated rings. The van der Waals surface area contributed by atoms with E-state index in [4.69, 9.17) is 0 Å². The van der Waals surface area contributed by atoms with E-state index < -0.39 is 5.82 Å². The maximum Gasteiger partial charge on any atom is 0.243 e. The summed E-state index contributed by atoms with van der Waals surface area (Å²) in [4.78, 5) is 20.9. The molecule has 2 atom stereocenters. The lowest BCUT2D eigenvalue weighted by Gasteiger charge is -2.37. The molecule has 2 N–H and O–H groups in total. The highest BCUT2D eigenvalue weighted by Gasteiger charge is 2.28. The lowest BCUT2D eigenvalue weighted by atomic mass is 10.1. The van der Waals surface area contributed by atoms with Crippen molar-refractivity contribution in [3.8, 4) is 0 Å². The monoisotopic (exact) mass is 499 g/mol. The predicted molar refractivity (Wildman–Crippen MR) is 144 cm³/mol. The number of piperazine rings is 2. The molecule has 0 saturated carbocycles. The van der Waals surface area contributed by atoms with E-state index in [1.54, 1.807) is 30.3 Å². The molecule has 2 aliphatic heterocycles. The Morgan fingerprint density at radius 1 is 0.806 bits per heavy atom. The molecule has 7 nitrogen and oxygen atoms in total. The largest absolute Gasteiger partial charge is 0.381 e. The van der Waals surface area contributed by atoms with Crippen molar-refractivity contribution in [1.82, 2.24) is 19.6 Å². The van der Waals surface area contributed by atoms with Gasteiger partial charge in [-0.2, -0.15) is 0 Å². The van der Waals surface area contributed by atoms with Crippen LogP contribution in [0.3, 0.4) is 0 Å². The first kappa shape index (κ1) is 29.7. The van der Waals surface area contributed by atoms with Crippen molar-refractivity contribution in [2.24, 2.45) is 0 Å². The number of carbonyl (C=O) groups is 1. The fourth-order valence-electron chi connectivity index (χ4n) is 4.23. The van der Waals surface area contributed by atoms with Crippen LogP contribution in [0.1, 0.15) is 0 Å². The molecular formula is C26H38BF2N6O. The van der Waals surface area contributed by atoms with E-state index in [-0.39, 0.29) is 31.9 Å². The van der Waals surface area contributed by atoms with Gasteiger partial charge in [0.15, 0.2) is 0 Å². The van der Waals surface area contributed by atoms with Crippen molar-refractivity contribution in [2.45, 2.75) is 12.1 Å². The summed E-state index contributed by atoms with van der Waals surface area (Å²) in [5.74, 6) is -0.744. The molecule has 0 spiro atoms. The number of likely N-dealkylation sites (N-methyl/N-ethyl adjacent to an activating group) is 4. The van der Waals surface area contributed by atoms with Gasteiger partial charge >= 0.3 is 0 Å². The summed E-state index contributed by atoms with van der Waals surface area (Å²) in [5, 5.41) is 5.84. The summed E-state index contributed by atoms with van der Waals surface area (Å²) >= 11 is 0. The van der Waals surface area contributed by atoms with Crippen molar-refractivity contribution in [3.05, 3.63) is 60.2 Å². The molecular weight excluding hydrogens is 461 g/mol. The molecule has 0 bridgehead atoms. The zero-order valence-electron chi connectivity index (χ0n) is 21.8. The molecule has 2 saturated heterocycles. The van der Waals surface area contributed by atoms with Crippen LogP contribution >= 0.6 is 0 Å². The molecule has 36 heavy (non-hydrogen) atoms. The summed E-state index contributed by atoms with van der Waals surface area (Å²) in [6, 6.07) is 13.2. The van der Waals surface area contributed by atoms with Crippen LogP contribution in [-0.4, -0.2) is 120 Å². The zero-order chi connectivity index (χ0) is 25.4. The second kappa shape index (κ2) is 14.3. The van der Waals surface area contributed by atoms with Gasteiger partial charge in [0.05, 0.1) is 11.4 Å². The minimum atomic E-state index is -0.405. The smallest absolute Gasteiger partial charge is 0.243 e. The Bertz CT molecular complexity index is 968. The molecule has 0 aliphatic carbocycles. The Hall–Kier alpha value is -2.53. The van der Waals surface area contributed by atoms with Crippen LogP contribution in [0.15, 0.2) is 48.5 Å². The summed E-state index contributed by atoms with van der Waals surface area (Å²) in [6.45, 7) is 6.43. The van der Waals surface area contributed by atoms with Crippen LogP contribution in [0.4, 0.5) is 20.2 Å². The van der Waals surface area contributed by atoms with Crippen molar-refractivity contribution in [1.29, 1.82) is 0 Å². The topological polar surface area (TPSA) is 54.1 Å². The second-order valence-corrected chi connectivity index (χ2v) is 9.49. The van der Waals surface area contributed by atoms with E-state index in [2.05, 4.69) is 39.4 Å². The van der Waals surface area contributed by atoms with Gasteiger partial charge in [0.2, 0.25) is 5.91 Å². The lowest BCUT2D eigenvalue weighted by molar-refractivity contribution is -0.122. The van der Waals surface area contributed by atoms with Gasteiger partial charge in [-0.05, 0) is 52.5 Å². The molecule has 10 heteroatoms. The number of carbonyl (C=O) groups excluding carboxylic acids is 1. The van der Waals surface area contributed by atoms with Crippen molar-refractivity contribution >= 4 is 25.7 Å². The molecule has 0 aromatic heterocycles. The minimum absolute atomic E-state index is 0. The van der Waals surface area contributed by atoms with E-state index in [1.807, 2.05) is 25.1 Å². The predicted octanol–water partition coefficient (Wildman–Crippen LogP) is 2.11. The first-order valence-corrected chi connectivity index (χ1v) is 12.1. The number of halogens is 2. The molecule has 4 rings (SSSR count). The Morgan fingerprint density at radius 3 is 1.94 bits per heavy atom. The third kappa shape index (κ3) is 8.55. The highest BCUT2D eigenvalue weighted by molar-refractivity contribution is 5.95. The Balaban J connectivity index is 0.000000247. The molecule has 3 radical (unpaired) electrons. The third-order valence-corrected chi connectivity index (χ3v) is 6.67. The summed E-state index contributed by atoms with van der Waals surface area (Å²) in [5.41, 5.74) is 0.832. The SMILES string of the molecule is CN1CCN(C)C(C(=O)Nc2ccccc2F)C1.CN1CCN(C)C(CNc2ccccc2F)C1.[B]. The second-order valence-electron chi connectivity index (χ2n) is 9.49. The summed E-state index contributed by atoms with van der Waals surface area (Å²) in [7, 11) is 8.15. The van der Waals surface area contributed by atoms with Crippen molar-refractivity contribution in [2.75, 3.05) is 84.6 Å². The molecule has 2 heterocycles.